The van der Waals surface area contributed by atoms with Gasteiger partial charge in [0.1, 0.15) is 29.7 Å². The summed E-state index contributed by atoms with van der Waals surface area (Å²) in [7, 11) is 0. The van der Waals surface area contributed by atoms with Crippen LogP contribution in [0.3, 0.4) is 0 Å². The largest absolute Gasteiger partial charge is 1.00 e. The van der Waals surface area contributed by atoms with Crippen molar-refractivity contribution < 1.29 is 68.0 Å². The number of amides is 1. The molecule has 0 fully saturated rings. The topological polar surface area (TPSA) is 124 Å². The van der Waals surface area contributed by atoms with Gasteiger partial charge in [0.2, 0.25) is 0 Å². The SMILES string of the molecule is CC(C)n1c(CC[C@@H](O)C[C@@H](O)CC(=O)[O-])c(-c2ccc(F)cc2)c(-c2ccc(F)cc2)c1C(=O)Nc1ccc(OCc2ccccc2)cc1.[Na+]. The second-order valence-corrected chi connectivity index (χ2v) is 12.4. The normalized spacial score (nSPS) is 12.2. The summed E-state index contributed by atoms with van der Waals surface area (Å²) >= 11 is 0. The van der Waals surface area contributed by atoms with E-state index in [1.54, 1.807) is 48.5 Å². The van der Waals surface area contributed by atoms with Gasteiger partial charge in [0.25, 0.3) is 5.91 Å². The van der Waals surface area contributed by atoms with Gasteiger partial charge in [0, 0.05) is 40.9 Å². The standard InChI is InChI=1S/C40H40F2N2O6.Na/c1-25(2)44-35(21-18-32(45)22-33(46)23-36(47)48)37(27-8-12-29(41)13-9-27)38(28-10-14-30(42)15-11-28)39(44)40(49)43-31-16-19-34(20-17-31)50-24-26-6-4-3-5-7-26;/h3-17,19-20,25,32-33,45-46H,18,21-24H2,1-2H3,(H,43,49)(H,47,48);/q;+1/p-1/t32-,33-;/m1./s1. The molecule has 8 nitrogen and oxygen atoms in total. The predicted molar refractivity (Wildman–Crippen MR) is 185 cm³/mol. The molecule has 1 aromatic heterocycles. The Labute approximate surface area is 318 Å². The van der Waals surface area contributed by atoms with Crippen LogP contribution in [-0.2, 0) is 17.8 Å². The average molecular weight is 705 g/mol. The number of anilines is 1. The Bertz CT molecular complexity index is 1900. The van der Waals surface area contributed by atoms with Gasteiger partial charge in [-0.3, -0.25) is 4.79 Å². The van der Waals surface area contributed by atoms with E-state index in [0.717, 1.165) is 5.56 Å². The van der Waals surface area contributed by atoms with Crippen molar-refractivity contribution in [2.24, 2.45) is 0 Å². The number of hydrogen-bond donors (Lipinski definition) is 3. The molecule has 0 unspecified atom stereocenters. The minimum absolute atomic E-state index is 0. The van der Waals surface area contributed by atoms with Crippen LogP contribution in [0, 0.1) is 11.6 Å². The van der Waals surface area contributed by atoms with Gasteiger partial charge >= 0.3 is 29.6 Å². The molecule has 0 radical (unpaired) electrons. The number of benzene rings is 4. The number of carbonyl (C=O) groups is 2. The Hall–Kier alpha value is -4.32. The van der Waals surface area contributed by atoms with E-state index in [0.29, 0.717) is 46.0 Å². The summed E-state index contributed by atoms with van der Waals surface area (Å²) in [6.07, 6.45) is -2.85. The zero-order chi connectivity index (χ0) is 35.8. The maximum atomic E-state index is 14.4. The van der Waals surface area contributed by atoms with E-state index in [2.05, 4.69) is 5.32 Å². The van der Waals surface area contributed by atoms with Gasteiger partial charge in [-0.2, -0.15) is 0 Å². The fraction of sp³-hybridized carbons (Fsp3) is 0.250. The summed E-state index contributed by atoms with van der Waals surface area (Å²) in [6, 6.07) is 28.0. The quantitative estimate of drug-likeness (QED) is 0.143. The number of aliphatic hydroxyl groups is 2. The Morgan fingerprint density at radius 3 is 1.92 bits per heavy atom. The van der Waals surface area contributed by atoms with Crippen LogP contribution in [0.5, 0.6) is 5.75 Å². The van der Waals surface area contributed by atoms with Crippen molar-refractivity contribution in [1.82, 2.24) is 4.57 Å². The van der Waals surface area contributed by atoms with Gasteiger partial charge in [-0.1, -0.05) is 54.6 Å². The molecule has 0 spiro atoms. The molecule has 1 amide bonds. The fourth-order valence-corrected chi connectivity index (χ4v) is 6.08. The van der Waals surface area contributed by atoms with Gasteiger partial charge in [0.15, 0.2) is 0 Å². The second-order valence-electron chi connectivity index (χ2n) is 12.4. The Morgan fingerprint density at radius 2 is 1.37 bits per heavy atom. The van der Waals surface area contributed by atoms with Crippen molar-refractivity contribution in [2.75, 3.05) is 5.32 Å². The molecule has 5 rings (SSSR count). The van der Waals surface area contributed by atoms with E-state index in [1.807, 2.05) is 48.7 Å². The molecule has 0 aliphatic heterocycles. The number of hydrogen-bond acceptors (Lipinski definition) is 6. The number of carboxylic acid groups (broad SMARTS) is 1. The average Bonchev–Trinajstić information content (AvgIpc) is 3.43. The maximum Gasteiger partial charge on any atom is 1.00 e. The molecule has 5 aromatic rings. The fourth-order valence-electron chi connectivity index (χ4n) is 6.08. The second kappa shape index (κ2) is 18.3. The molecule has 260 valence electrons. The van der Waals surface area contributed by atoms with Crippen LogP contribution in [-0.4, -0.2) is 38.9 Å². The zero-order valence-electron chi connectivity index (χ0n) is 28.8. The molecule has 3 N–H and O–H groups in total. The molecule has 2 atom stereocenters. The summed E-state index contributed by atoms with van der Waals surface area (Å²) in [5.74, 6) is -2.16. The molecule has 0 aliphatic rings. The van der Waals surface area contributed by atoms with Crippen molar-refractivity contribution in [2.45, 2.75) is 64.4 Å². The Kier molecular flexibility index (Phi) is 14.1. The number of carboxylic acids is 1. The molecule has 0 aliphatic carbocycles. The van der Waals surface area contributed by atoms with E-state index in [-0.39, 0.29) is 60.6 Å². The van der Waals surface area contributed by atoms with E-state index in [1.165, 1.54) is 24.3 Å². The van der Waals surface area contributed by atoms with Gasteiger partial charge < -0.3 is 34.7 Å². The van der Waals surface area contributed by atoms with E-state index < -0.39 is 42.1 Å². The van der Waals surface area contributed by atoms with Gasteiger partial charge in [-0.05, 0) is 98.3 Å². The minimum atomic E-state index is -1.43. The van der Waals surface area contributed by atoms with Crippen molar-refractivity contribution in [3.05, 3.63) is 132 Å². The molecule has 0 bridgehead atoms. The first-order valence-electron chi connectivity index (χ1n) is 16.4. The number of aromatic nitrogens is 1. The smallest absolute Gasteiger partial charge is 0.550 e. The van der Waals surface area contributed by atoms with Crippen LogP contribution >= 0.6 is 0 Å². The summed E-state index contributed by atoms with van der Waals surface area (Å²) in [6.45, 7) is 4.19. The molecule has 0 saturated heterocycles. The van der Waals surface area contributed by atoms with Crippen molar-refractivity contribution >= 4 is 17.6 Å². The molecule has 51 heavy (non-hydrogen) atoms. The minimum Gasteiger partial charge on any atom is -0.550 e. The molecule has 4 aromatic carbocycles. The van der Waals surface area contributed by atoms with Crippen LogP contribution in [0.2, 0.25) is 0 Å². The third-order valence-electron chi connectivity index (χ3n) is 8.33. The number of rotatable bonds is 15. The summed E-state index contributed by atoms with van der Waals surface area (Å²) in [5, 5.41) is 34.9. The summed E-state index contributed by atoms with van der Waals surface area (Å²) in [5.41, 5.74) is 4.68. The first-order valence-corrected chi connectivity index (χ1v) is 16.4. The molecule has 11 heteroatoms. The van der Waals surface area contributed by atoms with Crippen LogP contribution in [0.15, 0.2) is 103 Å². The first kappa shape index (κ1) is 39.5. The Balaban J connectivity index is 0.00000583. The number of ether oxygens (including phenoxy) is 1. The molecular weight excluding hydrogens is 665 g/mol. The number of nitrogens with zero attached hydrogens (tertiary/aromatic N) is 1. The zero-order valence-corrected chi connectivity index (χ0v) is 30.8. The molecule has 0 saturated carbocycles. The van der Waals surface area contributed by atoms with Crippen LogP contribution in [0.25, 0.3) is 22.3 Å². The van der Waals surface area contributed by atoms with Gasteiger partial charge in [-0.15, -0.1) is 0 Å². The first-order chi connectivity index (χ1) is 24.0. The predicted octanol–water partition coefficient (Wildman–Crippen LogP) is 3.70. The van der Waals surface area contributed by atoms with E-state index >= 15 is 0 Å². The monoisotopic (exact) mass is 704 g/mol. The number of aliphatic carboxylic acids is 1. The van der Waals surface area contributed by atoms with Gasteiger partial charge in [-0.25, -0.2) is 8.78 Å². The van der Waals surface area contributed by atoms with E-state index in [9.17, 15) is 33.7 Å². The molecule has 1 heterocycles. The van der Waals surface area contributed by atoms with Crippen molar-refractivity contribution in [3.8, 4) is 28.0 Å². The third kappa shape index (κ3) is 10.4. The van der Waals surface area contributed by atoms with Crippen molar-refractivity contribution in [1.29, 1.82) is 0 Å². The number of aliphatic hydroxyl groups excluding tert-OH is 2. The summed E-state index contributed by atoms with van der Waals surface area (Å²) in [4.78, 5) is 25.3. The van der Waals surface area contributed by atoms with Gasteiger partial charge in [0.05, 0.1) is 12.2 Å². The number of carbonyl (C=O) groups excluding carboxylic acids is 2. The van der Waals surface area contributed by atoms with Crippen LogP contribution < -0.4 is 44.7 Å². The number of nitrogens with one attached hydrogen (secondary N) is 1. The third-order valence-corrected chi connectivity index (χ3v) is 8.33. The van der Waals surface area contributed by atoms with E-state index in [4.69, 9.17) is 4.74 Å². The van der Waals surface area contributed by atoms with Crippen LogP contribution in [0.4, 0.5) is 14.5 Å². The number of halogens is 2. The van der Waals surface area contributed by atoms with Crippen LogP contribution in [0.1, 0.15) is 60.9 Å². The van der Waals surface area contributed by atoms with Crippen molar-refractivity contribution in [3.63, 3.8) is 0 Å². The summed E-state index contributed by atoms with van der Waals surface area (Å²) < 4.78 is 36.1. The maximum absolute atomic E-state index is 14.4. The molecular formula is C40H39F2N2NaO6. The Morgan fingerprint density at radius 1 is 0.804 bits per heavy atom.